The number of carbonyl (C=O) groups is 2. The molecule has 9 nitrogen and oxygen atoms in total. The van der Waals surface area contributed by atoms with Crippen molar-refractivity contribution in [2.45, 2.75) is 341 Å². The van der Waals surface area contributed by atoms with Gasteiger partial charge >= 0.3 is 11.9 Å². The molecule has 2 unspecified atom stereocenters. The summed E-state index contributed by atoms with van der Waals surface area (Å²) in [4.78, 5) is 38.0. The van der Waals surface area contributed by atoms with Gasteiger partial charge in [0.15, 0.2) is 6.10 Å². The van der Waals surface area contributed by atoms with E-state index in [9.17, 15) is 19.0 Å². The van der Waals surface area contributed by atoms with Crippen LogP contribution in [0, 0.1) is 0 Å². The molecule has 0 saturated carbocycles. The van der Waals surface area contributed by atoms with Gasteiger partial charge in [-0.15, -0.1) is 0 Å². The van der Waals surface area contributed by atoms with Crippen LogP contribution in [-0.2, 0) is 32.7 Å². The third-order valence-corrected chi connectivity index (χ3v) is 16.7. The Morgan fingerprint density at radius 2 is 0.643 bits per heavy atom. The Labute approximate surface area is 520 Å². The Bertz CT molecular complexity index is 1650. The van der Waals surface area contributed by atoms with Gasteiger partial charge in [-0.25, -0.2) is 0 Å². The van der Waals surface area contributed by atoms with Crippen LogP contribution in [0.3, 0.4) is 0 Å². The highest BCUT2D eigenvalue weighted by molar-refractivity contribution is 7.45. The molecule has 0 aliphatic heterocycles. The lowest BCUT2D eigenvalue weighted by Crippen LogP contribution is -2.37. The predicted molar refractivity (Wildman–Crippen MR) is 360 cm³/mol. The van der Waals surface area contributed by atoms with Crippen molar-refractivity contribution in [3.05, 3.63) is 72.9 Å². The average Bonchev–Trinajstić information content (AvgIpc) is 3.46. The molecular weight excluding hydrogens is 1060 g/mol. The molecule has 0 aromatic heterocycles. The van der Waals surface area contributed by atoms with Crippen molar-refractivity contribution in [3.8, 4) is 0 Å². The van der Waals surface area contributed by atoms with Crippen LogP contribution < -0.4 is 4.89 Å². The minimum atomic E-state index is -4.64. The third-order valence-electron chi connectivity index (χ3n) is 15.7. The Morgan fingerprint density at radius 3 is 0.976 bits per heavy atom. The number of quaternary nitrogens is 1. The highest BCUT2D eigenvalue weighted by Crippen LogP contribution is 2.38. The molecule has 0 aromatic carbocycles. The molecular formula is C74H136NO8P. The van der Waals surface area contributed by atoms with E-state index in [0.717, 1.165) is 70.6 Å². The normalized spacial score (nSPS) is 13.5. The van der Waals surface area contributed by atoms with Gasteiger partial charge in [0.1, 0.15) is 19.8 Å². The summed E-state index contributed by atoms with van der Waals surface area (Å²) >= 11 is 0. The van der Waals surface area contributed by atoms with E-state index in [2.05, 4.69) is 86.8 Å². The zero-order chi connectivity index (χ0) is 61.2. The van der Waals surface area contributed by atoms with Crippen molar-refractivity contribution in [3.63, 3.8) is 0 Å². The van der Waals surface area contributed by atoms with E-state index in [-0.39, 0.29) is 26.1 Å². The van der Waals surface area contributed by atoms with E-state index in [1.54, 1.807) is 0 Å². The molecule has 0 radical (unpaired) electrons. The quantitative estimate of drug-likeness (QED) is 0.0195. The summed E-state index contributed by atoms with van der Waals surface area (Å²) in [7, 11) is 1.17. The van der Waals surface area contributed by atoms with E-state index < -0.39 is 32.5 Å². The molecule has 2 atom stereocenters. The Morgan fingerprint density at radius 1 is 0.369 bits per heavy atom. The molecule has 490 valence electrons. The summed E-state index contributed by atoms with van der Waals surface area (Å²) in [5.41, 5.74) is 0. The topological polar surface area (TPSA) is 111 Å². The molecule has 0 aromatic rings. The lowest BCUT2D eigenvalue weighted by Gasteiger charge is -2.28. The second kappa shape index (κ2) is 64.9. The van der Waals surface area contributed by atoms with Gasteiger partial charge in [-0.1, -0.05) is 305 Å². The van der Waals surface area contributed by atoms with Crippen molar-refractivity contribution in [1.29, 1.82) is 0 Å². The fourth-order valence-corrected chi connectivity index (χ4v) is 10.9. The standard InChI is InChI=1S/C74H136NO8P/c1-6-8-10-12-14-16-18-20-22-24-26-27-28-29-30-31-32-33-34-35-36-37-38-39-40-41-42-43-44-45-46-47-49-51-53-55-57-59-61-63-65-67-74(77)83-72(71-82-84(78,79)81-69-68-75(3,4)5)70-80-73(76)66-64-62-60-58-56-54-52-50-48-25-23-21-19-17-15-13-11-9-7-2/h15,17-18,20-21,23-24,26,28-29,48,50,72H,6-14,16,19,22,25,27,30-47,49,51-71H2,1-5H3/b17-15-,20-18-,23-21-,26-24-,29-28-,50-48-. The number of rotatable bonds is 66. The first kappa shape index (κ1) is 81.5. The fourth-order valence-electron chi connectivity index (χ4n) is 10.2. The maximum atomic E-state index is 12.9. The van der Waals surface area contributed by atoms with Crippen LogP contribution in [0.2, 0.25) is 0 Å². The van der Waals surface area contributed by atoms with Gasteiger partial charge in [-0.05, 0) is 89.9 Å². The number of allylic oxidation sites excluding steroid dienone is 12. The summed E-state index contributed by atoms with van der Waals surface area (Å²) in [5, 5.41) is 0. The molecule has 10 heteroatoms. The number of esters is 2. The lowest BCUT2D eigenvalue weighted by atomic mass is 10.0. The Kier molecular flexibility index (Phi) is 62.9. The van der Waals surface area contributed by atoms with E-state index >= 15 is 0 Å². The third kappa shape index (κ3) is 68.6. The van der Waals surface area contributed by atoms with Crippen molar-refractivity contribution >= 4 is 19.8 Å². The molecule has 0 heterocycles. The molecule has 0 saturated heterocycles. The number of likely N-dealkylation sites (N-methyl/N-ethyl adjacent to an activating group) is 1. The maximum Gasteiger partial charge on any atom is 0.306 e. The second-order valence-corrected chi connectivity index (χ2v) is 26.7. The number of ether oxygens (including phenoxy) is 2. The Balaban J connectivity index is 3.91. The van der Waals surface area contributed by atoms with Crippen LogP contribution in [0.1, 0.15) is 335 Å². The van der Waals surface area contributed by atoms with Crippen LogP contribution in [-0.4, -0.2) is 70.0 Å². The average molecular weight is 1200 g/mol. The number of unbranched alkanes of at least 4 members (excludes halogenated alkanes) is 40. The summed E-state index contributed by atoms with van der Waals surface area (Å²) < 4.78 is 34.3. The van der Waals surface area contributed by atoms with E-state index in [0.29, 0.717) is 23.9 Å². The fraction of sp³-hybridized carbons (Fsp3) is 0.811. The number of phosphoric acid groups is 1. The van der Waals surface area contributed by atoms with Gasteiger partial charge in [0.05, 0.1) is 27.7 Å². The second-order valence-electron chi connectivity index (χ2n) is 25.2. The van der Waals surface area contributed by atoms with Crippen LogP contribution >= 0.6 is 7.82 Å². The van der Waals surface area contributed by atoms with Crippen molar-refractivity contribution < 1.29 is 42.1 Å². The molecule has 0 aliphatic rings. The van der Waals surface area contributed by atoms with Gasteiger partial charge in [-0.3, -0.25) is 14.2 Å². The summed E-state index contributed by atoms with van der Waals surface area (Å²) in [6, 6.07) is 0. The van der Waals surface area contributed by atoms with E-state index in [1.807, 2.05) is 21.1 Å². The highest BCUT2D eigenvalue weighted by atomic mass is 31.2. The molecule has 0 fully saturated rings. The lowest BCUT2D eigenvalue weighted by molar-refractivity contribution is -0.870. The first-order valence-electron chi connectivity index (χ1n) is 35.6. The molecule has 0 spiro atoms. The predicted octanol–water partition coefficient (Wildman–Crippen LogP) is 22.5. The summed E-state index contributed by atoms with van der Waals surface area (Å²) in [6.45, 7) is 4.22. The monoisotopic (exact) mass is 1200 g/mol. The molecule has 0 rings (SSSR count). The highest BCUT2D eigenvalue weighted by Gasteiger charge is 2.22. The van der Waals surface area contributed by atoms with Crippen LogP contribution in [0.25, 0.3) is 0 Å². The van der Waals surface area contributed by atoms with Gasteiger partial charge in [0.25, 0.3) is 7.82 Å². The number of hydrogen-bond donors (Lipinski definition) is 0. The smallest absolute Gasteiger partial charge is 0.306 e. The van der Waals surface area contributed by atoms with Gasteiger partial charge in [-0.2, -0.15) is 0 Å². The summed E-state index contributed by atoms with van der Waals surface area (Å²) in [5.74, 6) is -0.836. The SMILES string of the molecule is CCCCC/C=C\C/C=C\C/C=C\CCCCCCCCC(=O)OCC(COP(=O)([O-])OCC[N+](C)(C)C)OC(=O)CCCCCCCCCCCCCCCCCCCCCCCCCCCC/C=C\C/C=C\C/C=C\CCCCCCC. The van der Waals surface area contributed by atoms with Crippen molar-refractivity contribution in [2.24, 2.45) is 0 Å². The molecule has 84 heavy (non-hydrogen) atoms. The van der Waals surface area contributed by atoms with Crippen molar-refractivity contribution in [1.82, 2.24) is 0 Å². The van der Waals surface area contributed by atoms with Gasteiger partial charge < -0.3 is 27.9 Å². The van der Waals surface area contributed by atoms with E-state index in [4.69, 9.17) is 18.5 Å². The minimum Gasteiger partial charge on any atom is -0.756 e. The molecule has 0 bridgehead atoms. The number of nitrogens with zero attached hydrogens (tertiary/aromatic N) is 1. The number of hydrogen-bond acceptors (Lipinski definition) is 8. The molecule has 0 amide bonds. The number of phosphoric ester groups is 1. The van der Waals surface area contributed by atoms with Gasteiger partial charge in [0, 0.05) is 12.8 Å². The summed E-state index contributed by atoms with van der Waals surface area (Å²) in [6.07, 6.45) is 87.2. The van der Waals surface area contributed by atoms with Crippen LogP contribution in [0.15, 0.2) is 72.9 Å². The van der Waals surface area contributed by atoms with Crippen LogP contribution in [0.5, 0.6) is 0 Å². The first-order valence-corrected chi connectivity index (χ1v) is 37.1. The largest absolute Gasteiger partial charge is 0.756 e. The Hall–Kier alpha value is -2.55. The maximum absolute atomic E-state index is 12.9. The molecule has 0 aliphatic carbocycles. The first-order chi connectivity index (χ1) is 41.0. The zero-order valence-corrected chi connectivity index (χ0v) is 56.7. The minimum absolute atomic E-state index is 0.0335. The van der Waals surface area contributed by atoms with Crippen LogP contribution in [0.4, 0.5) is 0 Å². The van der Waals surface area contributed by atoms with Crippen molar-refractivity contribution in [2.75, 3.05) is 47.5 Å². The number of carbonyl (C=O) groups excluding carboxylic acids is 2. The molecule has 0 N–H and O–H groups in total. The van der Waals surface area contributed by atoms with Gasteiger partial charge in [0.2, 0.25) is 0 Å². The van der Waals surface area contributed by atoms with E-state index in [1.165, 1.54) is 225 Å². The zero-order valence-electron chi connectivity index (χ0n) is 55.8.